The Balaban J connectivity index is 2.71. The highest BCUT2D eigenvalue weighted by Crippen LogP contribution is 2.17. The number of allylic oxidation sites excluding steroid dienone is 1. The zero-order chi connectivity index (χ0) is 7.56. The summed E-state index contributed by atoms with van der Waals surface area (Å²) in [5, 5.41) is 17.6. The zero-order valence-electron chi connectivity index (χ0n) is 5.58. The van der Waals surface area contributed by atoms with Crippen LogP contribution in [-0.4, -0.2) is 22.3 Å². The highest BCUT2D eigenvalue weighted by atomic mass is 16.4. The number of rotatable bonds is 1. The van der Waals surface area contributed by atoms with Gasteiger partial charge in [0.25, 0.3) is 0 Å². The summed E-state index contributed by atoms with van der Waals surface area (Å²) in [5.41, 5.74) is 0.159. The van der Waals surface area contributed by atoms with E-state index in [2.05, 4.69) is 0 Å². The summed E-state index contributed by atoms with van der Waals surface area (Å²) >= 11 is 0. The van der Waals surface area contributed by atoms with Crippen LogP contribution in [0.5, 0.6) is 0 Å². The maximum Gasteiger partial charge on any atom is 0.333 e. The highest BCUT2D eigenvalue weighted by molar-refractivity contribution is 5.87. The lowest BCUT2D eigenvalue weighted by atomic mass is 9.97. The normalized spacial score (nSPS) is 25.7. The molecule has 1 unspecified atom stereocenters. The van der Waals surface area contributed by atoms with Gasteiger partial charge in [0.15, 0.2) is 0 Å². The minimum Gasteiger partial charge on any atom is -0.478 e. The molecule has 0 saturated carbocycles. The number of carboxylic acid groups (broad SMARTS) is 1. The summed E-state index contributed by atoms with van der Waals surface area (Å²) in [6.07, 6.45) is 3.09. The topological polar surface area (TPSA) is 57.5 Å². The molecule has 1 atom stereocenters. The molecule has 56 valence electrons. The number of aliphatic hydroxyl groups is 1. The number of hydrogen-bond acceptors (Lipinski definition) is 2. The number of aliphatic hydroxyl groups excluding tert-OH is 1. The molecule has 0 aromatic heterocycles. The van der Waals surface area contributed by atoms with E-state index in [0.717, 1.165) is 12.8 Å². The van der Waals surface area contributed by atoms with Crippen LogP contribution in [0.25, 0.3) is 0 Å². The quantitative estimate of drug-likeness (QED) is 0.561. The van der Waals surface area contributed by atoms with Gasteiger partial charge in [-0.3, -0.25) is 0 Å². The summed E-state index contributed by atoms with van der Waals surface area (Å²) in [6.45, 7) is 0. The van der Waals surface area contributed by atoms with Crippen molar-refractivity contribution in [2.75, 3.05) is 0 Å². The first-order chi connectivity index (χ1) is 4.72. The van der Waals surface area contributed by atoms with E-state index in [1.54, 1.807) is 6.08 Å². The number of carboxylic acids is 1. The molecule has 1 aliphatic rings. The lowest BCUT2D eigenvalue weighted by Gasteiger charge is -2.15. The minimum absolute atomic E-state index is 0.159. The Labute approximate surface area is 59.0 Å². The van der Waals surface area contributed by atoms with Gasteiger partial charge in [0.05, 0.1) is 11.7 Å². The van der Waals surface area contributed by atoms with Gasteiger partial charge in [-0.25, -0.2) is 4.79 Å². The molecule has 0 spiro atoms. The summed E-state index contributed by atoms with van der Waals surface area (Å²) < 4.78 is 0. The van der Waals surface area contributed by atoms with Crippen molar-refractivity contribution in [3.8, 4) is 0 Å². The molecule has 3 heteroatoms. The van der Waals surface area contributed by atoms with E-state index in [1.807, 2.05) is 0 Å². The summed E-state index contributed by atoms with van der Waals surface area (Å²) in [5.74, 6) is -0.993. The molecule has 0 aromatic carbocycles. The Bertz CT molecular complexity index is 172. The van der Waals surface area contributed by atoms with Gasteiger partial charge in [0.1, 0.15) is 0 Å². The van der Waals surface area contributed by atoms with Gasteiger partial charge in [0.2, 0.25) is 0 Å². The van der Waals surface area contributed by atoms with Crippen LogP contribution in [0.2, 0.25) is 0 Å². The second-order valence-corrected chi connectivity index (χ2v) is 2.41. The first-order valence-corrected chi connectivity index (χ1v) is 3.33. The zero-order valence-corrected chi connectivity index (χ0v) is 5.58. The van der Waals surface area contributed by atoms with Crippen molar-refractivity contribution in [2.24, 2.45) is 0 Å². The lowest BCUT2D eigenvalue weighted by Crippen LogP contribution is -2.20. The standard InChI is InChI=1S/C7H10O3/c8-6-4-2-1-3-5(6)7(9)10/h3,6,8H,1-2,4H2,(H,9,10). The first-order valence-electron chi connectivity index (χ1n) is 3.33. The van der Waals surface area contributed by atoms with E-state index in [9.17, 15) is 4.79 Å². The van der Waals surface area contributed by atoms with Crippen molar-refractivity contribution >= 4 is 5.97 Å². The average molecular weight is 142 g/mol. The van der Waals surface area contributed by atoms with Gasteiger partial charge in [-0.05, 0) is 19.3 Å². The third-order valence-electron chi connectivity index (χ3n) is 1.65. The minimum atomic E-state index is -0.993. The molecule has 2 N–H and O–H groups in total. The van der Waals surface area contributed by atoms with E-state index in [0.29, 0.717) is 6.42 Å². The molecular formula is C7H10O3. The molecule has 0 fully saturated rings. The fraction of sp³-hybridized carbons (Fsp3) is 0.571. The van der Waals surface area contributed by atoms with E-state index < -0.39 is 12.1 Å². The number of carbonyl (C=O) groups is 1. The lowest BCUT2D eigenvalue weighted by molar-refractivity contribution is -0.133. The Morgan fingerprint density at radius 2 is 2.40 bits per heavy atom. The van der Waals surface area contributed by atoms with Crippen molar-refractivity contribution in [3.05, 3.63) is 11.6 Å². The van der Waals surface area contributed by atoms with Crippen LogP contribution in [0, 0.1) is 0 Å². The predicted octanol–water partition coefficient (Wildman–Crippen LogP) is 0.542. The maximum absolute atomic E-state index is 10.3. The number of hydrogen-bond donors (Lipinski definition) is 2. The van der Waals surface area contributed by atoms with Gasteiger partial charge in [-0.1, -0.05) is 6.08 Å². The Morgan fingerprint density at radius 1 is 1.70 bits per heavy atom. The van der Waals surface area contributed by atoms with Gasteiger partial charge in [-0.15, -0.1) is 0 Å². The molecule has 0 heterocycles. The molecule has 0 amide bonds. The molecule has 0 radical (unpaired) electrons. The second-order valence-electron chi connectivity index (χ2n) is 2.41. The third-order valence-corrected chi connectivity index (χ3v) is 1.65. The average Bonchev–Trinajstić information content (AvgIpc) is 1.88. The molecule has 10 heavy (non-hydrogen) atoms. The second kappa shape index (κ2) is 2.84. The molecule has 3 nitrogen and oxygen atoms in total. The summed E-state index contributed by atoms with van der Waals surface area (Å²) in [6, 6.07) is 0. The largest absolute Gasteiger partial charge is 0.478 e. The molecular weight excluding hydrogens is 132 g/mol. The third kappa shape index (κ3) is 1.36. The smallest absolute Gasteiger partial charge is 0.333 e. The Morgan fingerprint density at radius 3 is 2.80 bits per heavy atom. The van der Waals surface area contributed by atoms with Crippen LogP contribution < -0.4 is 0 Å². The van der Waals surface area contributed by atoms with Crippen LogP contribution in [0.15, 0.2) is 11.6 Å². The molecule has 0 bridgehead atoms. The van der Waals surface area contributed by atoms with Crippen LogP contribution in [0.1, 0.15) is 19.3 Å². The molecule has 0 saturated heterocycles. The fourth-order valence-corrected chi connectivity index (χ4v) is 1.09. The van der Waals surface area contributed by atoms with Gasteiger partial charge < -0.3 is 10.2 Å². The fourth-order valence-electron chi connectivity index (χ4n) is 1.09. The highest BCUT2D eigenvalue weighted by Gasteiger charge is 2.19. The maximum atomic E-state index is 10.3. The van der Waals surface area contributed by atoms with Gasteiger partial charge in [-0.2, -0.15) is 0 Å². The van der Waals surface area contributed by atoms with Crippen LogP contribution >= 0.6 is 0 Å². The van der Waals surface area contributed by atoms with Crippen molar-refractivity contribution in [1.29, 1.82) is 0 Å². The first kappa shape index (κ1) is 7.28. The molecule has 1 aliphatic carbocycles. The Hall–Kier alpha value is -0.830. The van der Waals surface area contributed by atoms with Crippen LogP contribution in [0.4, 0.5) is 0 Å². The van der Waals surface area contributed by atoms with Crippen molar-refractivity contribution in [1.82, 2.24) is 0 Å². The van der Waals surface area contributed by atoms with Gasteiger partial charge >= 0.3 is 5.97 Å². The van der Waals surface area contributed by atoms with Gasteiger partial charge in [0, 0.05) is 0 Å². The number of aliphatic carboxylic acids is 1. The van der Waals surface area contributed by atoms with E-state index >= 15 is 0 Å². The van der Waals surface area contributed by atoms with E-state index in [4.69, 9.17) is 10.2 Å². The summed E-state index contributed by atoms with van der Waals surface area (Å²) in [7, 11) is 0. The van der Waals surface area contributed by atoms with Crippen molar-refractivity contribution in [3.63, 3.8) is 0 Å². The molecule has 0 aromatic rings. The van der Waals surface area contributed by atoms with E-state index in [-0.39, 0.29) is 5.57 Å². The van der Waals surface area contributed by atoms with E-state index in [1.165, 1.54) is 0 Å². The molecule has 1 rings (SSSR count). The summed E-state index contributed by atoms with van der Waals surface area (Å²) in [4.78, 5) is 10.3. The molecule has 0 aliphatic heterocycles. The van der Waals surface area contributed by atoms with Crippen molar-refractivity contribution < 1.29 is 15.0 Å². The van der Waals surface area contributed by atoms with Crippen LogP contribution in [-0.2, 0) is 4.79 Å². The van der Waals surface area contributed by atoms with Crippen LogP contribution in [0.3, 0.4) is 0 Å². The predicted molar refractivity (Wildman–Crippen MR) is 35.6 cm³/mol. The monoisotopic (exact) mass is 142 g/mol. The SMILES string of the molecule is O=C(O)C1=CCCCC1O. The Kier molecular flexibility index (Phi) is 2.06. The van der Waals surface area contributed by atoms with Crippen molar-refractivity contribution in [2.45, 2.75) is 25.4 Å².